The summed E-state index contributed by atoms with van der Waals surface area (Å²) >= 11 is 0. The average Bonchev–Trinajstić information content (AvgIpc) is 2.83. The van der Waals surface area contributed by atoms with Crippen LogP contribution < -0.4 is 5.32 Å². The highest BCUT2D eigenvalue weighted by Gasteiger charge is 2.46. The molecule has 0 saturated carbocycles. The van der Waals surface area contributed by atoms with Crippen LogP contribution in [0.25, 0.3) is 10.8 Å². The number of benzene rings is 1. The molecule has 2 aromatic rings. The molecule has 0 aliphatic carbocycles. The van der Waals surface area contributed by atoms with Crippen molar-refractivity contribution in [1.82, 2.24) is 19.5 Å². The number of carboxylic acids is 1. The summed E-state index contributed by atoms with van der Waals surface area (Å²) in [6, 6.07) is 6.02. The predicted octanol–water partition coefficient (Wildman–Crippen LogP) is 1.39. The van der Waals surface area contributed by atoms with Crippen molar-refractivity contribution in [2.24, 2.45) is 0 Å². The summed E-state index contributed by atoms with van der Waals surface area (Å²) in [6.45, 7) is 1.42. The molecule has 186 valence electrons. The van der Waals surface area contributed by atoms with Gasteiger partial charge in [0.2, 0.25) is 15.9 Å². The zero-order valence-corrected chi connectivity index (χ0v) is 20.1. The number of aromatic nitrogens is 1. The van der Waals surface area contributed by atoms with Crippen molar-refractivity contribution in [3.8, 4) is 0 Å². The minimum atomic E-state index is -3.65. The van der Waals surface area contributed by atoms with Gasteiger partial charge in [0.25, 0.3) is 5.91 Å². The minimum Gasteiger partial charge on any atom is -0.480 e. The van der Waals surface area contributed by atoms with E-state index in [4.69, 9.17) is 0 Å². The molecule has 2 aliphatic heterocycles. The van der Waals surface area contributed by atoms with E-state index in [0.29, 0.717) is 18.2 Å². The second-order valence-electron chi connectivity index (χ2n) is 8.74. The van der Waals surface area contributed by atoms with E-state index < -0.39 is 45.9 Å². The lowest BCUT2D eigenvalue weighted by Crippen LogP contribution is -2.66. The number of carbonyl (C=O) groups excluding carboxylic acids is 2. The molecule has 2 N–H and O–H groups in total. The number of piperazine rings is 1. The smallest absolute Gasteiger partial charge is 0.327 e. The molecule has 11 heteroatoms. The molecular weight excluding hydrogens is 472 g/mol. The Morgan fingerprint density at radius 1 is 1.14 bits per heavy atom. The molecule has 3 atom stereocenters. The SMILES string of the molecule is CCCS(=O)(=O)N1C[C@@H]2C/C=C\C[C@H](NC(=O)c3nccc4ccccc34)C(=O)N2[C@H](C(=O)O)C1. The van der Waals surface area contributed by atoms with Crippen LogP contribution in [-0.4, -0.2) is 82.5 Å². The minimum absolute atomic E-state index is 0.00768. The van der Waals surface area contributed by atoms with Crippen LogP contribution in [0.3, 0.4) is 0 Å². The molecule has 10 nitrogen and oxygen atoms in total. The Balaban J connectivity index is 1.62. The fraction of sp³-hybridized carbons (Fsp3) is 0.417. The first-order valence-electron chi connectivity index (χ1n) is 11.6. The van der Waals surface area contributed by atoms with Gasteiger partial charge < -0.3 is 15.3 Å². The highest BCUT2D eigenvalue weighted by molar-refractivity contribution is 7.89. The van der Waals surface area contributed by atoms with Gasteiger partial charge in [-0.2, -0.15) is 4.31 Å². The van der Waals surface area contributed by atoms with Crippen molar-refractivity contribution in [3.63, 3.8) is 0 Å². The van der Waals surface area contributed by atoms with Gasteiger partial charge in [-0.05, 0) is 30.7 Å². The lowest BCUT2D eigenvalue weighted by atomic mass is 9.98. The number of pyridine rings is 1. The Bertz CT molecular complexity index is 1270. The van der Waals surface area contributed by atoms with E-state index >= 15 is 0 Å². The van der Waals surface area contributed by atoms with E-state index in [1.165, 1.54) is 15.4 Å². The molecule has 3 heterocycles. The molecule has 1 saturated heterocycles. The molecule has 0 radical (unpaired) electrons. The van der Waals surface area contributed by atoms with Crippen LogP contribution in [0, 0.1) is 0 Å². The molecule has 1 aromatic heterocycles. The predicted molar refractivity (Wildman–Crippen MR) is 129 cm³/mol. The molecule has 35 heavy (non-hydrogen) atoms. The van der Waals surface area contributed by atoms with Crippen LogP contribution in [0.4, 0.5) is 0 Å². The van der Waals surface area contributed by atoms with Crippen LogP contribution in [0.15, 0.2) is 48.7 Å². The van der Waals surface area contributed by atoms with Crippen molar-refractivity contribution in [3.05, 3.63) is 54.4 Å². The highest BCUT2D eigenvalue weighted by Crippen LogP contribution is 2.26. The molecule has 4 rings (SSSR count). The number of nitrogens with zero attached hydrogens (tertiary/aromatic N) is 3. The number of carbonyl (C=O) groups is 3. The van der Waals surface area contributed by atoms with E-state index in [2.05, 4.69) is 10.3 Å². The molecule has 0 bridgehead atoms. The largest absolute Gasteiger partial charge is 0.480 e. The summed E-state index contributed by atoms with van der Waals surface area (Å²) < 4.78 is 26.5. The Morgan fingerprint density at radius 2 is 1.89 bits per heavy atom. The zero-order valence-electron chi connectivity index (χ0n) is 19.3. The number of hydrogen-bond acceptors (Lipinski definition) is 6. The number of hydrogen-bond donors (Lipinski definition) is 2. The van der Waals surface area contributed by atoms with Crippen molar-refractivity contribution >= 4 is 38.6 Å². The molecule has 2 amide bonds. The van der Waals surface area contributed by atoms with E-state index in [1.807, 2.05) is 12.1 Å². The number of sulfonamides is 1. The third-order valence-corrected chi connectivity index (χ3v) is 8.36. The fourth-order valence-corrected chi connectivity index (χ4v) is 6.22. The van der Waals surface area contributed by atoms with Gasteiger partial charge in [0.05, 0.1) is 5.75 Å². The van der Waals surface area contributed by atoms with Crippen LogP contribution in [0.1, 0.15) is 36.7 Å². The van der Waals surface area contributed by atoms with Crippen molar-refractivity contribution in [2.75, 3.05) is 18.8 Å². The van der Waals surface area contributed by atoms with E-state index in [0.717, 1.165) is 5.39 Å². The Morgan fingerprint density at radius 3 is 2.63 bits per heavy atom. The van der Waals surface area contributed by atoms with Gasteiger partial charge in [0.1, 0.15) is 17.8 Å². The first-order valence-corrected chi connectivity index (χ1v) is 13.2. The lowest BCUT2D eigenvalue weighted by Gasteiger charge is -2.46. The third-order valence-electron chi connectivity index (χ3n) is 6.35. The summed E-state index contributed by atoms with van der Waals surface area (Å²) in [7, 11) is -3.65. The number of carboxylic acid groups (broad SMARTS) is 1. The summed E-state index contributed by atoms with van der Waals surface area (Å²) in [5, 5.41) is 14.1. The van der Waals surface area contributed by atoms with Gasteiger partial charge in [-0.3, -0.25) is 14.6 Å². The summed E-state index contributed by atoms with van der Waals surface area (Å²) in [5.41, 5.74) is 0.170. The Kier molecular flexibility index (Phi) is 7.18. The van der Waals surface area contributed by atoms with Gasteiger partial charge in [0.15, 0.2) is 0 Å². The molecule has 0 unspecified atom stereocenters. The monoisotopic (exact) mass is 500 g/mol. The maximum atomic E-state index is 13.6. The second-order valence-corrected chi connectivity index (χ2v) is 10.8. The number of amides is 2. The number of rotatable bonds is 6. The molecular formula is C24H28N4O6S. The highest BCUT2D eigenvalue weighted by atomic mass is 32.2. The van der Waals surface area contributed by atoms with E-state index in [-0.39, 0.29) is 31.0 Å². The van der Waals surface area contributed by atoms with E-state index in [1.54, 1.807) is 37.3 Å². The first-order chi connectivity index (χ1) is 16.7. The zero-order chi connectivity index (χ0) is 25.2. The van der Waals surface area contributed by atoms with Crippen molar-refractivity contribution in [2.45, 2.75) is 44.3 Å². The van der Waals surface area contributed by atoms with Crippen LogP contribution in [0.2, 0.25) is 0 Å². The van der Waals surface area contributed by atoms with Crippen molar-refractivity contribution < 1.29 is 27.9 Å². The fourth-order valence-electron chi connectivity index (χ4n) is 4.68. The summed E-state index contributed by atoms with van der Waals surface area (Å²) in [5.74, 6) is -2.47. The third kappa shape index (κ3) is 5.06. The summed E-state index contributed by atoms with van der Waals surface area (Å²) in [6.07, 6.45) is 5.98. The number of fused-ring (bicyclic) bond motifs is 2. The number of nitrogens with one attached hydrogen (secondary N) is 1. The Hall–Kier alpha value is -3.31. The van der Waals surface area contributed by atoms with Crippen LogP contribution in [0.5, 0.6) is 0 Å². The maximum absolute atomic E-state index is 13.6. The van der Waals surface area contributed by atoms with Crippen LogP contribution >= 0.6 is 0 Å². The maximum Gasteiger partial charge on any atom is 0.327 e. The van der Waals surface area contributed by atoms with Gasteiger partial charge in [-0.1, -0.05) is 43.3 Å². The summed E-state index contributed by atoms with van der Waals surface area (Å²) in [4.78, 5) is 44.3. The van der Waals surface area contributed by atoms with Gasteiger partial charge in [-0.15, -0.1) is 0 Å². The lowest BCUT2D eigenvalue weighted by molar-refractivity contribution is -0.156. The van der Waals surface area contributed by atoms with Crippen molar-refractivity contribution in [1.29, 1.82) is 0 Å². The Labute approximate surface area is 203 Å². The molecule has 1 aromatic carbocycles. The van der Waals surface area contributed by atoms with Gasteiger partial charge in [0, 0.05) is 30.7 Å². The average molecular weight is 501 g/mol. The molecule has 0 spiro atoms. The first kappa shape index (κ1) is 24.8. The quantitative estimate of drug-likeness (QED) is 0.572. The second kappa shape index (κ2) is 10.1. The number of aliphatic carboxylic acids is 1. The van der Waals surface area contributed by atoms with E-state index in [9.17, 15) is 27.9 Å². The topological polar surface area (TPSA) is 137 Å². The van der Waals surface area contributed by atoms with Gasteiger partial charge in [-0.25, -0.2) is 13.2 Å². The molecule has 1 fully saturated rings. The molecule has 2 aliphatic rings. The normalized spacial score (nSPS) is 24.3. The standard InChI is InChI=1S/C24H28N4O6S/c1-2-13-35(33,34)27-14-17-8-4-6-10-19(23(30)28(17)20(15-27)24(31)32)26-22(29)21-18-9-5-3-7-16(18)11-12-25-21/h3-7,9,11-12,17,19-20H,2,8,10,13-15H2,1H3,(H,26,29)(H,31,32)/b6-4-/t17-,19-,20-/m0/s1. The van der Waals surface area contributed by atoms with Gasteiger partial charge >= 0.3 is 5.97 Å². The van der Waals surface area contributed by atoms with Crippen LogP contribution in [-0.2, 0) is 19.6 Å².